The Bertz CT molecular complexity index is 1270. The van der Waals surface area contributed by atoms with Crippen molar-refractivity contribution >= 4 is 11.1 Å². The number of allylic oxidation sites excluding steroid dienone is 1. The normalized spacial score (nSPS) is 16.1. The first-order valence-corrected chi connectivity index (χ1v) is 14.1. The van der Waals surface area contributed by atoms with E-state index in [1.807, 2.05) is 30.3 Å². The van der Waals surface area contributed by atoms with Crippen molar-refractivity contribution in [2.75, 3.05) is 33.8 Å². The third-order valence-corrected chi connectivity index (χ3v) is 7.45. The predicted octanol–water partition coefficient (Wildman–Crippen LogP) is 6.04. The van der Waals surface area contributed by atoms with E-state index in [9.17, 15) is 5.11 Å². The van der Waals surface area contributed by atoms with Gasteiger partial charge in [-0.1, -0.05) is 50.1 Å². The highest BCUT2D eigenvalue weighted by atomic mass is 16.7. The molecule has 40 heavy (non-hydrogen) atoms. The lowest BCUT2D eigenvalue weighted by molar-refractivity contribution is 0.0511. The molecule has 0 aromatic heterocycles. The van der Waals surface area contributed by atoms with Crippen LogP contribution in [0.2, 0.25) is 0 Å². The van der Waals surface area contributed by atoms with Crippen LogP contribution in [0.5, 0.6) is 23.0 Å². The summed E-state index contributed by atoms with van der Waals surface area (Å²) in [5.74, 6) is 3.00. The second kappa shape index (κ2) is 13.7. The summed E-state index contributed by atoms with van der Waals surface area (Å²) in [5, 5.41) is 13.9. The standard InChI is InChI=1S/C33H39NO6/c1-3-30(25-12-17-31-32(18-25)40-22-39-31)33(24-10-15-29(16-11-24)38-21-36-2)23-8-13-28(14-9-23)37-20-27(35)19-34-26-6-4-5-7-26/h8-18,26-27,34-35H,3-7,19-22H2,1-2H3. The minimum Gasteiger partial charge on any atom is -0.491 e. The molecule has 0 amide bonds. The monoisotopic (exact) mass is 545 g/mol. The quantitative estimate of drug-likeness (QED) is 0.200. The summed E-state index contributed by atoms with van der Waals surface area (Å²) in [5.41, 5.74) is 5.52. The van der Waals surface area contributed by atoms with Crippen molar-refractivity contribution < 1.29 is 28.8 Å². The van der Waals surface area contributed by atoms with E-state index in [4.69, 9.17) is 23.7 Å². The van der Waals surface area contributed by atoms with Gasteiger partial charge in [-0.05, 0) is 83.5 Å². The van der Waals surface area contributed by atoms with Gasteiger partial charge in [0.25, 0.3) is 0 Å². The van der Waals surface area contributed by atoms with Crippen LogP contribution in [0.15, 0.2) is 66.7 Å². The van der Waals surface area contributed by atoms with E-state index in [1.54, 1.807) is 7.11 Å². The molecular weight excluding hydrogens is 506 g/mol. The average molecular weight is 546 g/mol. The van der Waals surface area contributed by atoms with Gasteiger partial charge in [-0.25, -0.2) is 0 Å². The Hall–Kier alpha value is -3.52. The lowest BCUT2D eigenvalue weighted by Crippen LogP contribution is -2.36. The van der Waals surface area contributed by atoms with Gasteiger partial charge in [-0.2, -0.15) is 0 Å². The van der Waals surface area contributed by atoms with Crippen LogP contribution in [0.3, 0.4) is 0 Å². The number of fused-ring (bicyclic) bond motifs is 1. The molecule has 1 atom stereocenters. The molecule has 7 heteroatoms. The van der Waals surface area contributed by atoms with Gasteiger partial charge in [0.1, 0.15) is 24.2 Å². The highest BCUT2D eigenvalue weighted by Gasteiger charge is 2.19. The molecule has 1 aliphatic heterocycles. The number of hydrogen-bond donors (Lipinski definition) is 2. The van der Waals surface area contributed by atoms with Crippen molar-refractivity contribution in [3.05, 3.63) is 83.4 Å². The maximum absolute atomic E-state index is 10.4. The Labute approximate surface area is 236 Å². The topological polar surface area (TPSA) is 78.4 Å². The number of rotatable bonds is 13. The number of hydrogen-bond acceptors (Lipinski definition) is 7. The molecule has 0 saturated heterocycles. The largest absolute Gasteiger partial charge is 0.491 e. The zero-order valence-corrected chi connectivity index (χ0v) is 23.4. The average Bonchev–Trinajstić information content (AvgIpc) is 3.69. The highest BCUT2D eigenvalue weighted by molar-refractivity contribution is 5.99. The van der Waals surface area contributed by atoms with E-state index in [0.29, 0.717) is 12.6 Å². The summed E-state index contributed by atoms with van der Waals surface area (Å²) < 4.78 is 27.8. The maximum atomic E-state index is 10.4. The second-order valence-corrected chi connectivity index (χ2v) is 10.2. The Morgan fingerprint density at radius 1 is 0.875 bits per heavy atom. The van der Waals surface area contributed by atoms with Crippen LogP contribution in [-0.2, 0) is 4.74 Å². The molecule has 0 spiro atoms. The van der Waals surface area contributed by atoms with E-state index in [-0.39, 0.29) is 20.2 Å². The van der Waals surface area contributed by atoms with Crippen LogP contribution in [0.25, 0.3) is 11.1 Å². The Morgan fingerprint density at radius 3 is 2.15 bits per heavy atom. The van der Waals surface area contributed by atoms with Crippen molar-refractivity contribution in [2.24, 2.45) is 0 Å². The van der Waals surface area contributed by atoms with Gasteiger partial charge in [0.2, 0.25) is 6.79 Å². The SMILES string of the molecule is CCC(=C(c1ccc(OCOC)cc1)c1ccc(OCC(O)CNC2CCCC2)cc1)c1ccc2c(c1)OCO2. The van der Waals surface area contributed by atoms with Crippen LogP contribution >= 0.6 is 0 Å². The number of aliphatic hydroxyl groups excluding tert-OH is 1. The summed E-state index contributed by atoms with van der Waals surface area (Å²) in [7, 11) is 1.61. The number of methoxy groups -OCH3 is 1. The molecular formula is C33H39NO6. The van der Waals surface area contributed by atoms with Crippen molar-refractivity contribution in [1.82, 2.24) is 5.32 Å². The summed E-state index contributed by atoms with van der Waals surface area (Å²) >= 11 is 0. The van der Waals surface area contributed by atoms with Crippen LogP contribution in [0.1, 0.15) is 55.7 Å². The van der Waals surface area contributed by atoms with Gasteiger partial charge in [-0.3, -0.25) is 0 Å². The third kappa shape index (κ3) is 6.97. The van der Waals surface area contributed by atoms with E-state index in [2.05, 4.69) is 48.6 Å². The smallest absolute Gasteiger partial charge is 0.231 e. The maximum Gasteiger partial charge on any atom is 0.231 e. The molecule has 1 aliphatic carbocycles. The molecule has 0 radical (unpaired) electrons. The van der Waals surface area contributed by atoms with Crippen LogP contribution in [0, 0.1) is 0 Å². The van der Waals surface area contributed by atoms with Crippen molar-refractivity contribution in [3.8, 4) is 23.0 Å². The summed E-state index contributed by atoms with van der Waals surface area (Å²) in [4.78, 5) is 0. The summed E-state index contributed by atoms with van der Waals surface area (Å²) in [6.07, 6.45) is 5.20. The molecule has 3 aromatic carbocycles. The summed E-state index contributed by atoms with van der Waals surface area (Å²) in [6, 6.07) is 22.8. The van der Waals surface area contributed by atoms with E-state index in [0.717, 1.165) is 51.7 Å². The zero-order valence-electron chi connectivity index (χ0n) is 23.4. The molecule has 7 nitrogen and oxygen atoms in total. The number of benzene rings is 3. The van der Waals surface area contributed by atoms with Crippen molar-refractivity contribution in [3.63, 3.8) is 0 Å². The fourth-order valence-electron chi connectivity index (χ4n) is 5.37. The third-order valence-electron chi connectivity index (χ3n) is 7.45. The fraction of sp³-hybridized carbons (Fsp3) is 0.394. The number of aliphatic hydroxyl groups is 1. The molecule has 5 rings (SSSR count). The molecule has 212 valence electrons. The van der Waals surface area contributed by atoms with Gasteiger partial charge in [0, 0.05) is 19.7 Å². The van der Waals surface area contributed by atoms with Crippen molar-refractivity contribution in [1.29, 1.82) is 0 Å². The van der Waals surface area contributed by atoms with E-state index in [1.165, 1.54) is 31.3 Å². The lowest BCUT2D eigenvalue weighted by atomic mass is 9.88. The van der Waals surface area contributed by atoms with E-state index >= 15 is 0 Å². The first-order valence-electron chi connectivity index (χ1n) is 14.1. The molecule has 1 saturated carbocycles. The highest BCUT2D eigenvalue weighted by Crippen LogP contribution is 2.40. The molecule has 2 N–H and O–H groups in total. The Morgan fingerprint density at radius 2 is 1.50 bits per heavy atom. The summed E-state index contributed by atoms with van der Waals surface area (Å²) in [6.45, 7) is 3.41. The molecule has 3 aromatic rings. The Kier molecular flexibility index (Phi) is 9.60. The van der Waals surface area contributed by atoms with Gasteiger partial charge in [0.05, 0.1) is 0 Å². The van der Waals surface area contributed by atoms with Gasteiger partial charge >= 0.3 is 0 Å². The fourth-order valence-corrected chi connectivity index (χ4v) is 5.37. The van der Waals surface area contributed by atoms with Gasteiger partial charge in [-0.15, -0.1) is 0 Å². The second-order valence-electron chi connectivity index (χ2n) is 10.2. The number of ether oxygens (including phenoxy) is 5. The van der Waals surface area contributed by atoms with E-state index < -0.39 is 6.10 Å². The predicted molar refractivity (Wildman–Crippen MR) is 156 cm³/mol. The lowest BCUT2D eigenvalue weighted by Gasteiger charge is -2.18. The minimum absolute atomic E-state index is 0.201. The van der Waals surface area contributed by atoms with Crippen LogP contribution in [-0.4, -0.2) is 51.1 Å². The molecule has 1 unspecified atom stereocenters. The first-order chi connectivity index (χ1) is 19.6. The molecule has 1 heterocycles. The minimum atomic E-state index is -0.549. The van der Waals surface area contributed by atoms with Crippen molar-refractivity contribution in [2.45, 2.75) is 51.2 Å². The number of nitrogens with one attached hydrogen (secondary N) is 1. The Balaban J connectivity index is 1.38. The molecule has 0 bridgehead atoms. The first kappa shape index (κ1) is 28.0. The van der Waals surface area contributed by atoms with Gasteiger partial charge < -0.3 is 34.1 Å². The van der Waals surface area contributed by atoms with Crippen LogP contribution in [0.4, 0.5) is 0 Å². The molecule has 2 aliphatic rings. The van der Waals surface area contributed by atoms with Crippen LogP contribution < -0.4 is 24.3 Å². The zero-order chi connectivity index (χ0) is 27.7. The molecule has 1 fully saturated rings. The van der Waals surface area contributed by atoms with Gasteiger partial charge in [0.15, 0.2) is 18.3 Å².